The Kier molecular flexibility index (Phi) is 10.8. The Morgan fingerprint density at radius 2 is 2.00 bits per heavy atom. The summed E-state index contributed by atoms with van der Waals surface area (Å²) in [5.41, 5.74) is -0.418. The maximum Gasteiger partial charge on any atom is 0.306 e. The van der Waals surface area contributed by atoms with Gasteiger partial charge in [-0.25, -0.2) is 0 Å². The highest BCUT2D eigenvalue weighted by Gasteiger charge is 2.75. The number of nitrogens with one attached hydrogen (secondary N) is 1. The monoisotopic (exact) mass is 595 g/mol. The van der Waals surface area contributed by atoms with Gasteiger partial charge in [0.05, 0.1) is 36.6 Å². The average molecular weight is 596 g/mol. The third-order valence-electron chi connectivity index (χ3n) is 8.94. The number of likely N-dealkylation sites (tertiary alicyclic amines) is 1. The van der Waals surface area contributed by atoms with Crippen molar-refractivity contribution in [2.45, 2.75) is 82.2 Å². The molecule has 10 nitrogen and oxygen atoms in total. The van der Waals surface area contributed by atoms with Crippen LogP contribution in [0.2, 0.25) is 0 Å². The Morgan fingerprint density at radius 1 is 1.26 bits per heavy atom. The summed E-state index contributed by atoms with van der Waals surface area (Å²) < 4.78 is 12.0. The number of hydrogen-bond acceptors (Lipinski definition) is 7. The number of nitrogens with zero attached hydrogens (tertiary/aromatic N) is 2. The van der Waals surface area contributed by atoms with E-state index in [1.807, 2.05) is 37.3 Å². The van der Waals surface area contributed by atoms with E-state index in [1.165, 1.54) is 4.90 Å². The smallest absolute Gasteiger partial charge is 0.306 e. The second-order valence-corrected chi connectivity index (χ2v) is 11.7. The van der Waals surface area contributed by atoms with Gasteiger partial charge in [-0.15, -0.1) is 13.2 Å². The van der Waals surface area contributed by atoms with Gasteiger partial charge in [0.2, 0.25) is 17.7 Å². The molecule has 0 saturated carbocycles. The van der Waals surface area contributed by atoms with Crippen LogP contribution < -0.4 is 5.32 Å². The molecule has 0 radical (unpaired) electrons. The highest BCUT2D eigenvalue weighted by Crippen LogP contribution is 2.59. The number of aliphatic hydroxyl groups is 1. The van der Waals surface area contributed by atoms with Crippen LogP contribution in [-0.2, 0) is 28.7 Å². The predicted octanol–water partition coefficient (Wildman–Crippen LogP) is 2.92. The lowest BCUT2D eigenvalue weighted by Gasteiger charge is -2.38. The van der Waals surface area contributed by atoms with Gasteiger partial charge in [0.15, 0.2) is 0 Å². The lowest BCUT2D eigenvalue weighted by molar-refractivity contribution is -0.151. The zero-order valence-corrected chi connectivity index (χ0v) is 25.3. The summed E-state index contributed by atoms with van der Waals surface area (Å²) in [6, 6.07) is 6.96. The third-order valence-corrected chi connectivity index (χ3v) is 8.94. The van der Waals surface area contributed by atoms with Gasteiger partial charge in [0.25, 0.3) is 0 Å². The van der Waals surface area contributed by atoms with Crippen LogP contribution in [0.25, 0.3) is 0 Å². The molecule has 43 heavy (non-hydrogen) atoms. The van der Waals surface area contributed by atoms with Crippen LogP contribution in [0, 0.1) is 11.8 Å². The number of hydrogen-bond donors (Lipinski definition) is 2. The molecule has 1 aromatic rings. The SMILES string of the molecule is C=CCCC(=O)OC[C@@H](NC(=O)[C@@H]1[C@H]2C(=O)N([C@H](C)CO)[C@H](C(=O)N(CC=C)CCCC)[C@]23CC[C@H]1O3)c1ccccc1. The summed E-state index contributed by atoms with van der Waals surface area (Å²) in [5.74, 6) is -3.11. The maximum absolute atomic E-state index is 14.2. The van der Waals surface area contributed by atoms with E-state index in [9.17, 15) is 24.3 Å². The van der Waals surface area contributed by atoms with Gasteiger partial charge in [-0.1, -0.05) is 55.8 Å². The second-order valence-electron chi connectivity index (χ2n) is 11.7. The number of esters is 1. The molecule has 3 amide bonds. The van der Waals surface area contributed by atoms with E-state index in [0.717, 1.165) is 18.4 Å². The number of amides is 3. The van der Waals surface area contributed by atoms with Gasteiger partial charge < -0.3 is 29.7 Å². The van der Waals surface area contributed by atoms with E-state index < -0.39 is 47.6 Å². The van der Waals surface area contributed by atoms with Gasteiger partial charge in [-0.2, -0.15) is 0 Å². The van der Waals surface area contributed by atoms with Crippen molar-refractivity contribution in [3.63, 3.8) is 0 Å². The molecule has 7 atom stereocenters. The zero-order chi connectivity index (χ0) is 31.1. The molecule has 1 aromatic carbocycles. The molecule has 4 rings (SSSR count). The fraction of sp³-hybridized carbons (Fsp3) is 0.576. The normalized spacial score (nSPS) is 26.9. The molecule has 3 aliphatic heterocycles. The van der Waals surface area contributed by atoms with Crippen LogP contribution in [0.15, 0.2) is 55.6 Å². The van der Waals surface area contributed by atoms with Crippen LogP contribution in [0.1, 0.15) is 64.0 Å². The molecule has 0 unspecified atom stereocenters. The molecule has 0 aromatic heterocycles. The summed E-state index contributed by atoms with van der Waals surface area (Å²) in [6.07, 6.45) is 6.10. The first kappa shape index (κ1) is 32.4. The first-order valence-corrected chi connectivity index (χ1v) is 15.4. The van der Waals surface area contributed by atoms with E-state index in [1.54, 1.807) is 24.0 Å². The van der Waals surface area contributed by atoms with Crippen LogP contribution in [0.5, 0.6) is 0 Å². The largest absolute Gasteiger partial charge is 0.463 e. The molecular formula is C33H45N3O7. The molecule has 3 heterocycles. The average Bonchev–Trinajstić information content (AvgIpc) is 3.67. The molecule has 10 heteroatoms. The molecule has 2 N–H and O–H groups in total. The number of ether oxygens (including phenoxy) is 2. The summed E-state index contributed by atoms with van der Waals surface area (Å²) in [7, 11) is 0. The predicted molar refractivity (Wildman–Crippen MR) is 160 cm³/mol. The number of carbonyl (C=O) groups excluding carboxylic acids is 4. The van der Waals surface area contributed by atoms with Crippen LogP contribution in [-0.4, -0.2) is 88.7 Å². The fourth-order valence-electron chi connectivity index (χ4n) is 6.84. The first-order valence-electron chi connectivity index (χ1n) is 15.4. The summed E-state index contributed by atoms with van der Waals surface area (Å²) in [4.78, 5) is 57.8. The van der Waals surface area contributed by atoms with Crippen molar-refractivity contribution in [1.29, 1.82) is 0 Å². The topological polar surface area (TPSA) is 125 Å². The van der Waals surface area contributed by atoms with Crippen molar-refractivity contribution in [3.8, 4) is 0 Å². The first-order chi connectivity index (χ1) is 20.7. The Bertz CT molecular complexity index is 1190. The van der Waals surface area contributed by atoms with Crippen molar-refractivity contribution < 1.29 is 33.8 Å². The van der Waals surface area contributed by atoms with Crippen molar-refractivity contribution in [3.05, 3.63) is 61.2 Å². The number of carbonyl (C=O) groups is 4. The van der Waals surface area contributed by atoms with Gasteiger partial charge in [0, 0.05) is 19.5 Å². The molecule has 3 aliphatic rings. The van der Waals surface area contributed by atoms with Gasteiger partial charge >= 0.3 is 5.97 Å². The highest BCUT2D eigenvalue weighted by atomic mass is 16.5. The van der Waals surface area contributed by atoms with Gasteiger partial charge in [-0.05, 0) is 38.2 Å². The highest BCUT2D eigenvalue weighted by molar-refractivity contribution is 5.99. The van der Waals surface area contributed by atoms with Crippen LogP contribution >= 0.6 is 0 Å². The standard InChI is InChI=1S/C33H45N3O7/c1-5-8-15-26(38)42-21-24(23-13-11-10-12-14-23)34-30(39)27-25-16-17-33(43-25)28(27)31(40)36(22(4)20-37)29(33)32(41)35(18-7-3)19-9-6-2/h5,7,10-14,22,24-25,27-29,37H,1,3,6,8-9,15-21H2,2,4H3,(H,34,39)/t22-,24-,25-,27+,28+,29-,33+/m1/s1. The van der Waals surface area contributed by atoms with Crippen molar-refractivity contribution in [2.24, 2.45) is 11.8 Å². The number of rotatable bonds is 16. The van der Waals surface area contributed by atoms with E-state index in [-0.39, 0.29) is 37.4 Å². The van der Waals surface area contributed by atoms with Crippen molar-refractivity contribution in [1.82, 2.24) is 15.1 Å². The number of allylic oxidation sites excluding steroid dienone is 1. The van der Waals surface area contributed by atoms with E-state index in [4.69, 9.17) is 9.47 Å². The summed E-state index contributed by atoms with van der Waals surface area (Å²) in [6.45, 7) is 11.6. The number of unbranched alkanes of at least 4 members (excludes halogenated alkanes) is 1. The summed E-state index contributed by atoms with van der Waals surface area (Å²) in [5, 5.41) is 13.1. The molecule has 1 spiro atoms. The van der Waals surface area contributed by atoms with Crippen LogP contribution in [0.3, 0.4) is 0 Å². The Balaban J connectivity index is 1.62. The zero-order valence-electron chi connectivity index (χ0n) is 25.3. The fourth-order valence-corrected chi connectivity index (χ4v) is 6.84. The minimum Gasteiger partial charge on any atom is -0.463 e. The Labute approximate surface area is 254 Å². The molecule has 2 bridgehead atoms. The van der Waals surface area contributed by atoms with Gasteiger partial charge in [0.1, 0.15) is 18.2 Å². The van der Waals surface area contributed by atoms with Crippen molar-refractivity contribution in [2.75, 3.05) is 26.3 Å². The van der Waals surface area contributed by atoms with Gasteiger partial charge in [-0.3, -0.25) is 19.2 Å². The van der Waals surface area contributed by atoms with E-state index >= 15 is 0 Å². The molecule has 3 fully saturated rings. The van der Waals surface area contributed by atoms with E-state index in [2.05, 4.69) is 18.5 Å². The quantitative estimate of drug-likeness (QED) is 0.222. The lowest BCUT2D eigenvalue weighted by atomic mass is 9.70. The number of benzene rings is 1. The maximum atomic E-state index is 14.2. The molecular weight excluding hydrogens is 550 g/mol. The second kappa shape index (κ2) is 14.3. The van der Waals surface area contributed by atoms with Crippen molar-refractivity contribution >= 4 is 23.7 Å². The molecule has 3 saturated heterocycles. The molecule has 0 aliphatic carbocycles. The minimum absolute atomic E-state index is 0.0730. The Hall–Kier alpha value is -3.50. The lowest BCUT2D eigenvalue weighted by Crippen LogP contribution is -2.58. The summed E-state index contributed by atoms with van der Waals surface area (Å²) >= 11 is 0. The number of fused-ring (bicyclic) bond motifs is 1. The minimum atomic E-state index is -1.17. The van der Waals surface area contributed by atoms with Crippen LogP contribution in [0.4, 0.5) is 0 Å². The number of aliphatic hydroxyl groups excluding tert-OH is 1. The van der Waals surface area contributed by atoms with E-state index in [0.29, 0.717) is 32.4 Å². The molecule has 234 valence electrons. The Morgan fingerprint density at radius 3 is 2.65 bits per heavy atom. The third kappa shape index (κ3) is 6.40.